The van der Waals surface area contributed by atoms with E-state index in [1.54, 1.807) is 18.5 Å². The van der Waals surface area contributed by atoms with Gasteiger partial charge in [0.15, 0.2) is 0 Å². The van der Waals surface area contributed by atoms with Gasteiger partial charge in [-0.25, -0.2) is 24.4 Å². The van der Waals surface area contributed by atoms with Crippen molar-refractivity contribution in [2.45, 2.75) is 0 Å². The number of hydrogen-bond donors (Lipinski definition) is 3. The number of rotatable bonds is 4. The molecule has 148 valence electrons. The first-order valence-corrected chi connectivity index (χ1v) is 9.03. The van der Waals surface area contributed by atoms with Crippen LogP contribution < -0.4 is 10.6 Å². The van der Waals surface area contributed by atoms with Gasteiger partial charge < -0.3 is 10.4 Å². The zero-order valence-corrected chi connectivity index (χ0v) is 16.3. The van der Waals surface area contributed by atoms with Crippen LogP contribution in [-0.4, -0.2) is 35.9 Å². The molecular weight excluding hydrogens is 431 g/mol. The van der Waals surface area contributed by atoms with Crippen molar-refractivity contribution in [3.8, 4) is 11.8 Å². The summed E-state index contributed by atoms with van der Waals surface area (Å²) in [4.78, 5) is 23.0. The number of pyridine rings is 1. The van der Waals surface area contributed by atoms with Gasteiger partial charge >= 0.3 is 6.09 Å². The maximum Gasteiger partial charge on any atom is 0.410 e. The lowest BCUT2D eigenvalue weighted by Gasteiger charge is -2.07. The Balaban J connectivity index is 1.74. The van der Waals surface area contributed by atoms with Gasteiger partial charge in [-0.1, -0.05) is 23.2 Å². The summed E-state index contributed by atoms with van der Waals surface area (Å²) in [5.41, 5.74) is 1.36. The molecule has 0 spiro atoms. The fourth-order valence-electron chi connectivity index (χ4n) is 2.73. The Morgan fingerprint density at radius 3 is 2.57 bits per heavy atom. The molecule has 3 heterocycles. The Morgan fingerprint density at radius 1 is 1.13 bits per heavy atom. The molecule has 0 saturated heterocycles. The summed E-state index contributed by atoms with van der Waals surface area (Å²) >= 11 is 12.6. The Kier molecular flexibility index (Phi) is 5.05. The Hall–Kier alpha value is -3.94. The van der Waals surface area contributed by atoms with Gasteiger partial charge in [-0.3, -0.25) is 5.32 Å². The summed E-state index contributed by atoms with van der Waals surface area (Å²) in [6.45, 7) is 0. The number of hydrogen-bond acceptors (Lipinski definition) is 7. The van der Waals surface area contributed by atoms with Gasteiger partial charge in [0.2, 0.25) is 0 Å². The molecule has 1 aromatic carbocycles. The van der Waals surface area contributed by atoms with Crippen LogP contribution in [0.1, 0.15) is 5.56 Å². The van der Waals surface area contributed by atoms with Crippen LogP contribution in [0.4, 0.5) is 22.2 Å². The molecule has 0 aliphatic rings. The minimum absolute atomic E-state index is 0.110. The molecule has 0 bridgehead atoms. The van der Waals surface area contributed by atoms with Gasteiger partial charge in [0.1, 0.15) is 29.5 Å². The van der Waals surface area contributed by atoms with Crippen molar-refractivity contribution in [1.82, 2.24) is 24.7 Å². The molecule has 0 saturated carbocycles. The number of fused-ring (bicyclic) bond motifs is 1. The topological polar surface area (TPSA) is 142 Å². The number of anilines is 3. The predicted octanol–water partition coefficient (Wildman–Crippen LogP) is 4.22. The van der Waals surface area contributed by atoms with E-state index in [-0.39, 0.29) is 15.9 Å². The van der Waals surface area contributed by atoms with Crippen LogP contribution >= 0.6 is 23.2 Å². The van der Waals surface area contributed by atoms with Crippen LogP contribution in [0, 0.1) is 11.3 Å². The Morgan fingerprint density at radius 2 is 1.87 bits per heavy atom. The fraction of sp³-hybridized carbons (Fsp3) is 0. The third-order valence-corrected chi connectivity index (χ3v) is 4.53. The smallest absolute Gasteiger partial charge is 0.410 e. The molecule has 0 aliphatic heterocycles. The fourth-order valence-corrected chi connectivity index (χ4v) is 3.39. The van der Waals surface area contributed by atoms with E-state index in [1.165, 1.54) is 29.2 Å². The summed E-state index contributed by atoms with van der Waals surface area (Å²) in [7, 11) is 0. The second-order valence-electron chi connectivity index (χ2n) is 5.91. The van der Waals surface area contributed by atoms with Gasteiger partial charge in [0.05, 0.1) is 32.6 Å². The largest absolute Gasteiger partial charge is 0.465 e. The molecule has 0 unspecified atom stereocenters. The highest BCUT2D eigenvalue weighted by molar-refractivity contribution is 6.38. The molecule has 4 rings (SSSR count). The average Bonchev–Trinajstić information content (AvgIpc) is 3.12. The highest BCUT2D eigenvalue weighted by Crippen LogP contribution is 2.32. The molecule has 3 N–H and O–H groups in total. The molecule has 1 amide bonds. The number of benzene rings is 1. The number of carbonyl (C=O) groups is 1. The Labute approximate surface area is 178 Å². The van der Waals surface area contributed by atoms with E-state index in [0.29, 0.717) is 33.8 Å². The molecule has 4 aromatic rings. The third-order valence-electron chi connectivity index (χ3n) is 3.96. The lowest BCUT2D eigenvalue weighted by molar-refractivity contribution is 0.209. The second-order valence-corrected chi connectivity index (χ2v) is 6.72. The first-order valence-electron chi connectivity index (χ1n) is 8.27. The maximum atomic E-state index is 10.8. The van der Waals surface area contributed by atoms with E-state index in [2.05, 4.69) is 30.7 Å². The van der Waals surface area contributed by atoms with Crippen LogP contribution in [0.5, 0.6) is 0 Å². The van der Waals surface area contributed by atoms with Gasteiger partial charge in [0, 0.05) is 18.5 Å². The standard InChI is InChI=1S/C18H10Cl2N8O2/c19-11-3-9(6-21)4-12(20)16(11)28-7-10-13(27-28)1-2-22-17(10)25-14-5-15(24-8-23-14)26-18(29)30/h1-5,7-8H,(H,29,30)(H2,22,23,24,25,26). The van der Waals surface area contributed by atoms with Crippen LogP contribution in [0.2, 0.25) is 10.0 Å². The van der Waals surface area contributed by atoms with Crippen molar-refractivity contribution in [3.63, 3.8) is 0 Å². The predicted molar refractivity (Wildman–Crippen MR) is 111 cm³/mol. The molecule has 0 fully saturated rings. The van der Waals surface area contributed by atoms with E-state index >= 15 is 0 Å². The minimum atomic E-state index is -1.24. The van der Waals surface area contributed by atoms with Crippen LogP contribution in [0.3, 0.4) is 0 Å². The molecule has 3 aromatic heterocycles. The van der Waals surface area contributed by atoms with E-state index in [0.717, 1.165) is 0 Å². The molecule has 0 atom stereocenters. The molecule has 12 heteroatoms. The number of nitrogens with one attached hydrogen (secondary N) is 2. The second kappa shape index (κ2) is 7.82. The summed E-state index contributed by atoms with van der Waals surface area (Å²) in [5, 5.41) is 28.7. The molecule has 0 radical (unpaired) electrons. The van der Waals surface area contributed by atoms with Gasteiger partial charge in [-0.2, -0.15) is 10.4 Å². The van der Waals surface area contributed by atoms with Crippen molar-refractivity contribution >= 4 is 57.7 Å². The number of amides is 1. The highest BCUT2D eigenvalue weighted by atomic mass is 35.5. The number of aromatic nitrogens is 5. The minimum Gasteiger partial charge on any atom is -0.465 e. The molecule has 0 aliphatic carbocycles. The Bertz CT molecular complexity index is 1310. The van der Waals surface area contributed by atoms with E-state index in [1.807, 2.05) is 6.07 Å². The van der Waals surface area contributed by atoms with Crippen LogP contribution in [-0.2, 0) is 0 Å². The third kappa shape index (κ3) is 3.80. The van der Waals surface area contributed by atoms with Crippen LogP contribution in [0.15, 0.2) is 43.0 Å². The number of halogens is 2. The lowest BCUT2D eigenvalue weighted by atomic mass is 10.2. The zero-order valence-electron chi connectivity index (χ0n) is 14.8. The zero-order chi connectivity index (χ0) is 21.3. The van der Waals surface area contributed by atoms with Crippen molar-refractivity contribution in [2.24, 2.45) is 0 Å². The quantitative estimate of drug-likeness (QED) is 0.427. The van der Waals surface area contributed by atoms with Crippen molar-refractivity contribution in [2.75, 3.05) is 10.6 Å². The van der Waals surface area contributed by atoms with Gasteiger partial charge in [-0.15, -0.1) is 0 Å². The van der Waals surface area contributed by atoms with E-state index in [4.69, 9.17) is 33.6 Å². The SMILES string of the molecule is N#Cc1cc(Cl)c(-n2cc3c(Nc4cc(NC(=O)O)ncn4)nccc3n2)c(Cl)c1. The molecular formula is C18H10Cl2N8O2. The normalized spacial score (nSPS) is 10.6. The van der Waals surface area contributed by atoms with Gasteiger partial charge in [-0.05, 0) is 18.2 Å². The van der Waals surface area contributed by atoms with Crippen molar-refractivity contribution in [1.29, 1.82) is 5.26 Å². The number of carboxylic acid groups (broad SMARTS) is 1. The summed E-state index contributed by atoms with van der Waals surface area (Å²) in [6, 6.07) is 8.14. The monoisotopic (exact) mass is 440 g/mol. The van der Waals surface area contributed by atoms with Crippen molar-refractivity contribution in [3.05, 3.63) is 58.6 Å². The van der Waals surface area contributed by atoms with E-state index in [9.17, 15) is 4.79 Å². The molecule has 30 heavy (non-hydrogen) atoms. The highest BCUT2D eigenvalue weighted by Gasteiger charge is 2.15. The maximum absolute atomic E-state index is 10.8. The summed E-state index contributed by atoms with van der Waals surface area (Å²) in [6.07, 6.45) is 3.22. The lowest BCUT2D eigenvalue weighted by Crippen LogP contribution is -2.09. The summed E-state index contributed by atoms with van der Waals surface area (Å²) < 4.78 is 1.50. The van der Waals surface area contributed by atoms with Crippen molar-refractivity contribution < 1.29 is 9.90 Å². The van der Waals surface area contributed by atoms with Gasteiger partial charge in [0.25, 0.3) is 0 Å². The molecule has 10 nitrogen and oxygen atoms in total. The number of nitriles is 1. The first kappa shape index (κ1) is 19.4. The summed E-state index contributed by atoms with van der Waals surface area (Å²) in [5.74, 6) is 0.870. The average molecular weight is 441 g/mol. The van der Waals surface area contributed by atoms with E-state index < -0.39 is 6.09 Å². The van der Waals surface area contributed by atoms with Crippen LogP contribution in [0.25, 0.3) is 16.6 Å². The number of nitrogens with zero attached hydrogens (tertiary/aromatic N) is 6. The first-order chi connectivity index (χ1) is 14.4.